The number of ether oxygens (including phenoxy) is 1. The maximum absolute atomic E-state index is 13.2. The van der Waals surface area contributed by atoms with Gasteiger partial charge in [-0.25, -0.2) is 0 Å². The molecule has 0 radical (unpaired) electrons. The number of nitrogens with zero attached hydrogens (tertiary/aromatic N) is 2. The molecule has 0 bridgehead atoms. The van der Waals surface area contributed by atoms with Crippen molar-refractivity contribution in [3.8, 4) is 16.9 Å². The highest BCUT2D eigenvalue weighted by atomic mass is 16.5. The molecule has 1 atom stereocenters. The molecule has 1 aromatic heterocycles. The van der Waals surface area contributed by atoms with Crippen molar-refractivity contribution < 1.29 is 9.53 Å². The predicted molar refractivity (Wildman–Crippen MR) is 127 cm³/mol. The van der Waals surface area contributed by atoms with E-state index in [4.69, 9.17) is 4.74 Å². The molecule has 0 unspecified atom stereocenters. The summed E-state index contributed by atoms with van der Waals surface area (Å²) < 4.78 is 5.26. The standard InChI is InChI=1S/C27H31N3O2/c1-3-29-26(31)27(14-17-30(20-27)19-22-6-10-25(32-2)11-7-22)18-21-4-8-23(9-5-21)24-12-15-28-16-13-24/h4-13,15-16H,3,14,17-20H2,1-2H3,(H,29,31)/t27-/m0/s1. The molecule has 4 rings (SSSR count). The van der Waals surface area contributed by atoms with Crippen molar-refractivity contribution in [1.82, 2.24) is 15.2 Å². The van der Waals surface area contributed by atoms with Crippen LogP contribution in [0.3, 0.4) is 0 Å². The number of benzene rings is 2. The van der Waals surface area contributed by atoms with E-state index in [1.54, 1.807) is 7.11 Å². The molecule has 2 aromatic carbocycles. The van der Waals surface area contributed by atoms with Crippen LogP contribution in [0.25, 0.3) is 11.1 Å². The van der Waals surface area contributed by atoms with E-state index in [0.717, 1.165) is 49.4 Å². The van der Waals surface area contributed by atoms with E-state index in [9.17, 15) is 4.79 Å². The highest BCUT2D eigenvalue weighted by Gasteiger charge is 2.44. The Morgan fingerprint density at radius 2 is 1.66 bits per heavy atom. The number of likely N-dealkylation sites (tertiary alicyclic amines) is 1. The maximum atomic E-state index is 13.2. The van der Waals surface area contributed by atoms with E-state index in [0.29, 0.717) is 6.54 Å². The van der Waals surface area contributed by atoms with Crippen LogP contribution in [0.15, 0.2) is 73.1 Å². The Morgan fingerprint density at radius 3 is 2.31 bits per heavy atom. The number of hydrogen-bond acceptors (Lipinski definition) is 4. The largest absolute Gasteiger partial charge is 0.497 e. The molecule has 32 heavy (non-hydrogen) atoms. The first-order valence-electron chi connectivity index (χ1n) is 11.2. The van der Waals surface area contributed by atoms with Gasteiger partial charge in [-0.05, 0) is 72.8 Å². The Hall–Kier alpha value is -3.18. The number of pyridine rings is 1. The summed E-state index contributed by atoms with van der Waals surface area (Å²) in [6, 6.07) is 20.8. The van der Waals surface area contributed by atoms with Crippen molar-refractivity contribution in [2.45, 2.75) is 26.3 Å². The van der Waals surface area contributed by atoms with E-state index < -0.39 is 5.41 Å². The van der Waals surface area contributed by atoms with Crippen molar-refractivity contribution in [1.29, 1.82) is 0 Å². The molecule has 2 heterocycles. The topological polar surface area (TPSA) is 54.5 Å². The van der Waals surface area contributed by atoms with Crippen LogP contribution in [-0.2, 0) is 17.8 Å². The van der Waals surface area contributed by atoms with Crippen LogP contribution in [0.4, 0.5) is 0 Å². The molecule has 166 valence electrons. The Balaban J connectivity index is 1.49. The monoisotopic (exact) mass is 429 g/mol. The summed E-state index contributed by atoms with van der Waals surface area (Å²) in [7, 11) is 1.68. The lowest BCUT2D eigenvalue weighted by molar-refractivity contribution is -0.130. The summed E-state index contributed by atoms with van der Waals surface area (Å²) in [6.45, 7) is 5.15. The number of methoxy groups -OCH3 is 1. The van der Waals surface area contributed by atoms with Crippen molar-refractivity contribution in [2.75, 3.05) is 26.7 Å². The first-order valence-corrected chi connectivity index (χ1v) is 11.2. The van der Waals surface area contributed by atoms with Gasteiger partial charge in [-0.2, -0.15) is 0 Å². The van der Waals surface area contributed by atoms with Gasteiger partial charge in [0.2, 0.25) is 5.91 Å². The quantitative estimate of drug-likeness (QED) is 0.579. The minimum Gasteiger partial charge on any atom is -0.497 e. The van der Waals surface area contributed by atoms with Crippen LogP contribution in [-0.4, -0.2) is 42.5 Å². The smallest absolute Gasteiger partial charge is 0.227 e. The highest BCUT2D eigenvalue weighted by molar-refractivity contribution is 5.83. The number of rotatable bonds is 8. The predicted octanol–water partition coefficient (Wildman–Crippen LogP) is 4.33. The first kappa shape index (κ1) is 22.0. The molecule has 0 aliphatic carbocycles. The van der Waals surface area contributed by atoms with Gasteiger partial charge in [0.1, 0.15) is 5.75 Å². The fourth-order valence-corrected chi connectivity index (χ4v) is 4.59. The van der Waals surface area contributed by atoms with E-state index >= 15 is 0 Å². The molecule has 1 fully saturated rings. The first-order chi connectivity index (χ1) is 15.6. The molecule has 5 nitrogen and oxygen atoms in total. The van der Waals surface area contributed by atoms with Gasteiger partial charge in [-0.15, -0.1) is 0 Å². The molecular formula is C27H31N3O2. The summed E-state index contributed by atoms with van der Waals surface area (Å²) in [6.07, 6.45) is 5.22. The van der Waals surface area contributed by atoms with Crippen LogP contribution in [0, 0.1) is 5.41 Å². The number of hydrogen-bond donors (Lipinski definition) is 1. The van der Waals surface area contributed by atoms with Gasteiger partial charge in [0, 0.05) is 32.0 Å². The maximum Gasteiger partial charge on any atom is 0.227 e. The van der Waals surface area contributed by atoms with Crippen LogP contribution < -0.4 is 10.1 Å². The van der Waals surface area contributed by atoms with Crippen molar-refractivity contribution in [3.05, 3.63) is 84.2 Å². The number of nitrogens with one attached hydrogen (secondary N) is 1. The third-order valence-electron chi connectivity index (χ3n) is 6.33. The van der Waals surface area contributed by atoms with Gasteiger partial charge in [0.05, 0.1) is 12.5 Å². The lowest BCUT2D eigenvalue weighted by atomic mass is 9.79. The summed E-state index contributed by atoms with van der Waals surface area (Å²) in [4.78, 5) is 19.7. The van der Waals surface area contributed by atoms with Crippen molar-refractivity contribution in [3.63, 3.8) is 0 Å². The molecule has 0 saturated carbocycles. The molecule has 5 heteroatoms. The highest BCUT2D eigenvalue weighted by Crippen LogP contribution is 2.36. The van der Waals surface area contributed by atoms with Gasteiger partial charge < -0.3 is 10.1 Å². The second kappa shape index (κ2) is 9.96. The SMILES string of the molecule is CCNC(=O)[C@]1(Cc2ccc(-c3ccncc3)cc2)CCN(Cc2ccc(OC)cc2)C1. The second-order valence-electron chi connectivity index (χ2n) is 8.56. The molecular weight excluding hydrogens is 398 g/mol. The fraction of sp³-hybridized carbons (Fsp3) is 0.333. The van der Waals surface area contributed by atoms with Crippen LogP contribution in [0.1, 0.15) is 24.5 Å². The summed E-state index contributed by atoms with van der Waals surface area (Å²) in [5.41, 5.74) is 4.34. The van der Waals surface area contributed by atoms with E-state index in [2.05, 4.69) is 51.6 Å². The molecule has 0 spiro atoms. The third-order valence-corrected chi connectivity index (χ3v) is 6.33. The normalized spacial score (nSPS) is 18.4. The van der Waals surface area contributed by atoms with Crippen LogP contribution >= 0.6 is 0 Å². The summed E-state index contributed by atoms with van der Waals surface area (Å²) in [5.74, 6) is 1.03. The second-order valence-corrected chi connectivity index (χ2v) is 8.56. The van der Waals surface area contributed by atoms with Gasteiger partial charge in [0.25, 0.3) is 0 Å². The Labute approximate surface area is 190 Å². The number of aromatic nitrogens is 1. The molecule has 1 amide bonds. The summed E-state index contributed by atoms with van der Waals surface area (Å²) in [5, 5.41) is 3.10. The van der Waals surface area contributed by atoms with Crippen molar-refractivity contribution in [2.24, 2.45) is 5.41 Å². The van der Waals surface area contributed by atoms with E-state index in [-0.39, 0.29) is 5.91 Å². The molecule has 3 aromatic rings. The average Bonchev–Trinajstić information content (AvgIpc) is 3.24. The molecule has 1 saturated heterocycles. The minimum absolute atomic E-state index is 0.162. The number of amides is 1. The summed E-state index contributed by atoms with van der Waals surface area (Å²) >= 11 is 0. The van der Waals surface area contributed by atoms with Crippen molar-refractivity contribution >= 4 is 5.91 Å². The number of carbonyl (C=O) groups is 1. The zero-order valence-electron chi connectivity index (χ0n) is 18.9. The fourth-order valence-electron chi connectivity index (χ4n) is 4.59. The lowest BCUT2D eigenvalue weighted by Gasteiger charge is -2.28. The number of carbonyl (C=O) groups excluding carboxylic acids is 1. The van der Waals surface area contributed by atoms with Crippen LogP contribution in [0.2, 0.25) is 0 Å². The molecule has 1 N–H and O–H groups in total. The lowest BCUT2D eigenvalue weighted by Crippen LogP contribution is -2.44. The minimum atomic E-state index is -0.402. The Kier molecular flexibility index (Phi) is 6.86. The third kappa shape index (κ3) is 5.00. The van der Waals surface area contributed by atoms with Gasteiger partial charge in [0.15, 0.2) is 0 Å². The van der Waals surface area contributed by atoms with Gasteiger partial charge in [-0.3, -0.25) is 14.7 Å². The Morgan fingerprint density at radius 1 is 1.00 bits per heavy atom. The zero-order valence-corrected chi connectivity index (χ0v) is 18.9. The molecule has 1 aliphatic rings. The van der Waals surface area contributed by atoms with Crippen LogP contribution in [0.5, 0.6) is 5.75 Å². The molecule has 1 aliphatic heterocycles. The van der Waals surface area contributed by atoms with Gasteiger partial charge in [-0.1, -0.05) is 36.4 Å². The average molecular weight is 430 g/mol. The Bertz CT molecular complexity index is 1020. The zero-order chi connectivity index (χ0) is 22.4. The van der Waals surface area contributed by atoms with Gasteiger partial charge >= 0.3 is 0 Å². The van der Waals surface area contributed by atoms with E-state index in [1.165, 1.54) is 11.1 Å². The van der Waals surface area contributed by atoms with E-state index in [1.807, 2.05) is 43.6 Å².